The third-order valence-corrected chi connectivity index (χ3v) is 5.30. The van der Waals surface area contributed by atoms with Crippen LogP contribution in [0.15, 0.2) is 66.7 Å². The van der Waals surface area contributed by atoms with E-state index in [0.717, 1.165) is 22.4 Å². The van der Waals surface area contributed by atoms with E-state index < -0.39 is 8.25 Å². The molecule has 2 aromatic carbocycles. The van der Waals surface area contributed by atoms with Gasteiger partial charge in [-0.25, -0.2) is 4.57 Å². The molecular formula is C18H17NaO3PS. The Labute approximate surface area is 168 Å². The summed E-state index contributed by atoms with van der Waals surface area (Å²) in [6, 6.07) is 21.4. The minimum atomic E-state index is -2.63. The van der Waals surface area contributed by atoms with Crippen LogP contribution < -0.4 is 9.05 Å². The summed E-state index contributed by atoms with van der Waals surface area (Å²) in [6.07, 6.45) is 0.822. The van der Waals surface area contributed by atoms with Crippen molar-refractivity contribution < 1.29 is 13.6 Å². The van der Waals surface area contributed by atoms with Crippen molar-refractivity contribution in [1.82, 2.24) is 0 Å². The zero-order valence-corrected chi connectivity index (χ0v) is 17.5. The van der Waals surface area contributed by atoms with Crippen LogP contribution in [0.4, 0.5) is 0 Å². The Morgan fingerprint density at radius 1 is 0.917 bits per heavy atom. The largest absolute Gasteiger partial charge is 0.419 e. The molecule has 0 aliphatic rings. The van der Waals surface area contributed by atoms with E-state index in [0.29, 0.717) is 10.8 Å². The molecule has 0 spiro atoms. The van der Waals surface area contributed by atoms with Crippen LogP contribution in [0.25, 0.3) is 10.4 Å². The fourth-order valence-electron chi connectivity index (χ4n) is 2.22. The summed E-state index contributed by atoms with van der Waals surface area (Å²) in [5.41, 5.74) is 2.13. The third-order valence-electron chi connectivity index (χ3n) is 3.37. The maximum atomic E-state index is 12.1. The standard InChI is InChI=1S/C18H17O3PS.Na/c1-2-14-8-6-7-11-16(14)20-22(19)21-18-13-12-17(23-18)15-9-4-3-5-10-15;/h3-13,22H,2H2,1H3;. The average Bonchev–Trinajstić information content (AvgIpc) is 3.04. The van der Waals surface area contributed by atoms with Gasteiger partial charge < -0.3 is 9.05 Å². The first-order valence-corrected chi connectivity index (χ1v) is 9.43. The Morgan fingerprint density at radius 3 is 2.38 bits per heavy atom. The predicted molar refractivity (Wildman–Crippen MR) is 102 cm³/mol. The smallest absolute Gasteiger partial charge is 0.418 e. The SMILES string of the molecule is CCc1ccccc1O[PH](=O)Oc1ccc(-c2ccccc2)s1.[Na]. The van der Waals surface area contributed by atoms with Gasteiger partial charge in [-0.05, 0) is 35.7 Å². The zero-order valence-electron chi connectivity index (χ0n) is 13.7. The Kier molecular flexibility index (Phi) is 7.60. The van der Waals surface area contributed by atoms with Crippen LogP contribution in [0.2, 0.25) is 0 Å². The van der Waals surface area contributed by atoms with Crippen LogP contribution in [0.3, 0.4) is 0 Å². The molecule has 3 nitrogen and oxygen atoms in total. The number of benzene rings is 2. The quantitative estimate of drug-likeness (QED) is 0.430. The molecule has 1 heterocycles. The summed E-state index contributed by atoms with van der Waals surface area (Å²) in [5.74, 6) is 0.624. The zero-order chi connectivity index (χ0) is 16.1. The molecule has 1 radical (unpaired) electrons. The van der Waals surface area contributed by atoms with Crippen molar-refractivity contribution in [2.24, 2.45) is 0 Å². The molecule has 3 aromatic rings. The van der Waals surface area contributed by atoms with Crippen LogP contribution in [0.1, 0.15) is 12.5 Å². The van der Waals surface area contributed by atoms with Gasteiger partial charge in [0, 0.05) is 34.4 Å². The van der Waals surface area contributed by atoms with Gasteiger partial charge in [-0.1, -0.05) is 66.8 Å². The first-order valence-electron chi connectivity index (χ1n) is 7.39. The van der Waals surface area contributed by atoms with Gasteiger partial charge >= 0.3 is 8.25 Å². The molecule has 0 amide bonds. The molecule has 0 saturated carbocycles. The topological polar surface area (TPSA) is 35.5 Å². The van der Waals surface area contributed by atoms with Crippen LogP contribution in [0, 0.1) is 0 Å². The van der Waals surface area contributed by atoms with Crippen LogP contribution >= 0.6 is 19.6 Å². The maximum absolute atomic E-state index is 12.1. The second kappa shape index (κ2) is 9.45. The van der Waals surface area contributed by atoms with E-state index in [1.807, 2.05) is 73.7 Å². The van der Waals surface area contributed by atoms with Crippen molar-refractivity contribution in [3.63, 3.8) is 0 Å². The fraction of sp³-hybridized carbons (Fsp3) is 0.111. The van der Waals surface area contributed by atoms with Crippen molar-refractivity contribution in [1.29, 1.82) is 0 Å². The van der Waals surface area contributed by atoms with Gasteiger partial charge in [-0.15, -0.1) is 0 Å². The van der Waals surface area contributed by atoms with E-state index >= 15 is 0 Å². The minimum absolute atomic E-state index is 0. The van der Waals surface area contributed by atoms with E-state index in [9.17, 15) is 4.57 Å². The molecule has 0 bridgehead atoms. The minimum Gasteiger partial charge on any atom is -0.418 e. The number of thiophene rings is 1. The molecule has 0 saturated heterocycles. The van der Waals surface area contributed by atoms with Crippen molar-refractivity contribution in [2.75, 3.05) is 0 Å². The van der Waals surface area contributed by atoms with Crippen molar-refractivity contribution >= 4 is 49.1 Å². The van der Waals surface area contributed by atoms with Gasteiger partial charge in [0.15, 0.2) is 5.06 Å². The first kappa shape index (κ1) is 19.3. The van der Waals surface area contributed by atoms with Crippen LogP contribution in [0.5, 0.6) is 10.8 Å². The van der Waals surface area contributed by atoms with Crippen molar-refractivity contribution in [2.45, 2.75) is 13.3 Å². The molecule has 119 valence electrons. The van der Waals surface area contributed by atoms with Gasteiger partial charge in [0.25, 0.3) is 0 Å². The normalized spacial score (nSPS) is 11.4. The van der Waals surface area contributed by atoms with E-state index in [4.69, 9.17) is 9.05 Å². The number of rotatable bonds is 6. The van der Waals surface area contributed by atoms with E-state index in [-0.39, 0.29) is 29.6 Å². The summed E-state index contributed by atoms with van der Waals surface area (Å²) < 4.78 is 23.1. The first-order chi connectivity index (χ1) is 11.3. The Hall–Kier alpha value is -1.03. The number of hydrogen-bond acceptors (Lipinski definition) is 4. The summed E-state index contributed by atoms with van der Waals surface area (Å²) >= 11 is 1.46. The predicted octanol–water partition coefficient (Wildman–Crippen LogP) is 5.44. The Morgan fingerprint density at radius 2 is 1.62 bits per heavy atom. The molecule has 6 heteroatoms. The van der Waals surface area contributed by atoms with E-state index in [1.54, 1.807) is 0 Å². The van der Waals surface area contributed by atoms with Crippen molar-refractivity contribution in [3.05, 3.63) is 72.3 Å². The fourth-order valence-corrected chi connectivity index (χ4v) is 3.99. The number of para-hydroxylation sites is 1. The second-order valence-electron chi connectivity index (χ2n) is 4.90. The molecule has 1 atom stereocenters. The van der Waals surface area contributed by atoms with Gasteiger partial charge in [0.1, 0.15) is 5.75 Å². The van der Waals surface area contributed by atoms with Gasteiger partial charge in [-0.2, -0.15) is 0 Å². The van der Waals surface area contributed by atoms with E-state index in [2.05, 4.69) is 0 Å². The molecule has 24 heavy (non-hydrogen) atoms. The molecule has 1 unspecified atom stereocenters. The average molecular weight is 367 g/mol. The second-order valence-corrected chi connectivity index (χ2v) is 6.85. The molecule has 0 aliphatic heterocycles. The van der Waals surface area contributed by atoms with Gasteiger partial charge in [-0.3, -0.25) is 0 Å². The maximum Gasteiger partial charge on any atom is 0.419 e. The number of aryl methyl sites for hydroxylation is 1. The molecule has 1 aromatic heterocycles. The number of hydrogen-bond donors (Lipinski definition) is 0. The summed E-state index contributed by atoms with van der Waals surface area (Å²) in [5, 5.41) is 0.599. The third kappa shape index (κ3) is 4.98. The van der Waals surface area contributed by atoms with Gasteiger partial charge in [0.05, 0.1) is 0 Å². The van der Waals surface area contributed by atoms with Crippen molar-refractivity contribution in [3.8, 4) is 21.3 Å². The molecule has 0 fully saturated rings. The molecule has 0 aliphatic carbocycles. The Balaban J connectivity index is 0.00000208. The summed E-state index contributed by atoms with van der Waals surface area (Å²) in [4.78, 5) is 1.07. The molecule has 3 rings (SSSR count). The summed E-state index contributed by atoms with van der Waals surface area (Å²) in [6.45, 7) is 2.03. The molecular weight excluding hydrogens is 350 g/mol. The monoisotopic (exact) mass is 367 g/mol. The van der Waals surface area contributed by atoms with Gasteiger partial charge in [0.2, 0.25) is 0 Å². The molecule has 0 N–H and O–H groups in total. The summed E-state index contributed by atoms with van der Waals surface area (Å²) in [7, 11) is -2.63. The van der Waals surface area contributed by atoms with Crippen LogP contribution in [-0.2, 0) is 11.0 Å². The van der Waals surface area contributed by atoms with Crippen LogP contribution in [-0.4, -0.2) is 29.6 Å². The Bertz CT molecular complexity index is 805. The van der Waals surface area contributed by atoms with E-state index in [1.165, 1.54) is 11.3 Å².